The summed E-state index contributed by atoms with van der Waals surface area (Å²) in [6, 6.07) is 10.2. The molecule has 2 fully saturated rings. The van der Waals surface area contributed by atoms with Crippen molar-refractivity contribution in [2.75, 3.05) is 26.4 Å². The second-order valence-electron chi connectivity index (χ2n) is 13.5. The maximum Gasteiger partial charge on any atom is 0.416 e. The minimum absolute atomic E-state index is 0.125. The lowest BCUT2D eigenvalue weighted by Crippen LogP contribution is -2.35. The molecule has 4 unspecified atom stereocenters. The topological polar surface area (TPSA) is 143 Å². The number of hydrogen-bond acceptors (Lipinski definition) is 9. The van der Waals surface area contributed by atoms with E-state index in [1.165, 1.54) is 24.3 Å². The first-order valence-electron chi connectivity index (χ1n) is 18.5. The fraction of sp³-hybridized carbons (Fsp3) is 0.605. The molecule has 3 aliphatic rings. The van der Waals surface area contributed by atoms with Crippen molar-refractivity contribution in [3.8, 4) is 0 Å². The molecule has 2 aromatic rings. The van der Waals surface area contributed by atoms with Crippen LogP contribution in [0.2, 0.25) is 0 Å². The number of carbonyl (C=O) groups excluding carboxylic acids is 1. The number of amidine groups is 1. The van der Waals surface area contributed by atoms with Crippen molar-refractivity contribution in [2.24, 2.45) is 21.8 Å². The molecule has 0 aromatic heterocycles. The van der Waals surface area contributed by atoms with Gasteiger partial charge in [0.2, 0.25) is 5.91 Å². The SMILES string of the molecule is NC1=NN=C(C(CCCCOC2CCCCO2)c2cccc(C(F)(F)F)c2)C1.NNC(=O)C(CCCCOC1CCCCO1)c1cccc(C(F)(F)F)c1. The summed E-state index contributed by atoms with van der Waals surface area (Å²) in [5.41, 5.74) is 7.95. The Morgan fingerprint density at radius 1 is 0.778 bits per heavy atom. The molecule has 5 N–H and O–H groups in total. The number of hydrogen-bond donors (Lipinski definition) is 3. The van der Waals surface area contributed by atoms with Gasteiger partial charge in [-0.2, -0.15) is 31.4 Å². The number of alkyl halides is 6. The third-order valence-corrected chi connectivity index (χ3v) is 9.42. The van der Waals surface area contributed by atoms with Crippen LogP contribution in [0.3, 0.4) is 0 Å². The summed E-state index contributed by atoms with van der Waals surface area (Å²) < 4.78 is 100. The van der Waals surface area contributed by atoms with Crippen molar-refractivity contribution >= 4 is 17.5 Å². The smallest absolute Gasteiger partial charge is 0.385 e. The fourth-order valence-corrected chi connectivity index (χ4v) is 6.53. The van der Waals surface area contributed by atoms with E-state index in [4.69, 9.17) is 30.5 Å². The van der Waals surface area contributed by atoms with E-state index in [1.807, 2.05) is 5.43 Å². The maximum absolute atomic E-state index is 13.1. The Hall–Kier alpha value is -3.57. The Bertz CT molecular complexity index is 1510. The number of benzene rings is 2. The molecular weight excluding hydrogens is 720 g/mol. The Morgan fingerprint density at radius 2 is 1.31 bits per heavy atom. The standard InChI is InChI=1S/C20H26F3N3O2.C18H25F3N2O3/c21-20(22,23)15-7-5-6-14(12-15)16(17-13-18(24)26-25-17)8-1-3-10-27-19-9-2-4-11-28-19;19-18(20,21)14-7-5-6-13(12-14)15(17(24)23-22)8-1-3-10-25-16-9-2-4-11-26-16/h5-7,12,16,19H,1-4,8-11,13H2,(H2,24,26);5-7,12,15-16H,1-4,8-11,22H2,(H,23,24). The van der Waals surface area contributed by atoms with Gasteiger partial charge < -0.3 is 24.7 Å². The number of unbranched alkanes of at least 4 members (excludes halogenated alkanes) is 2. The zero-order chi connectivity index (χ0) is 39.0. The van der Waals surface area contributed by atoms with E-state index in [0.717, 1.165) is 76.2 Å². The van der Waals surface area contributed by atoms with Gasteiger partial charge in [-0.1, -0.05) is 49.2 Å². The number of nitrogens with zero attached hydrogens (tertiary/aromatic N) is 2. The van der Waals surface area contributed by atoms with Crippen molar-refractivity contribution in [3.05, 3.63) is 70.8 Å². The lowest BCUT2D eigenvalue weighted by atomic mass is 9.87. The average molecular weight is 772 g/mol. The number of halogens is 6. The van der Waals surface area contributed by atoms with E-state index in [-0.39, 0.29) is 18.5 Å². The van der Waals surface area contributed by atoms with Gasteiger partial charge in [-0.25, -0.2) is 5.84 Å². The summed E-state index contributed by atoms with van der Waals surface area (Å²) in [6.45, 7) is 2.51. The first-order chi connectivity index (χ1) is 25.8. The fourth-order valence-electron chi connectivity index (χ4n) is 6.53. The third-order valence-electron chi connectivity index (χ3n) is 9.42. The zero-order valence-corrected chi connectivity index (χ0v) is 30.3. The van der Waals surface area contributed by atoms with E-state index in [9.17, 15) is 31.1 Å². The summed E-state index contributed by atoms with van der Waals surface area (Å²) in [7, 11) is 0. The molecule has 5 rings (SSSR count). The summed E-state index contributed by atoms with van der Waals surface area (Å²) in [5, 5.41) is 7.96. The van der Waals surface area contributed by atoms with Gasteiger partial charge >= 0.3 is 12.4 Å². The van der Waals surface area contributed by atoms with E-state index >= 15 is 0 Å². The molecule has 0 saturated carbocycles. The minimum atomic E-state index is -4.45. The van der Waals surface area contributed by atoms with E-state index < -0.39 is 35.3 Å². The van der Waals surface area contributed by atoms with Gasteiger partial charge in [-0.15, -0.1) is 5.10 Å². The van der Waals surface area contributed by atoms with E-state index in [2.05, 4.69) is 10.2 Å². The maximum atomic E-state index is 13.1. The van der Waals surface area contributed by atoms with Crippen molar-refractivity contribution in [1.29, 1.82) is 0 Å². The Balaban J connectivity index is 0.000000241. The lowest BCUT2D eigenvalue weighted by Gasteiger charge is -2.23. The highest BCUT2D eigenvalue weighted by Gasteiger charge is 2.33. The van der Waals surface area contributed by atoms with Crippen molar-refractivity contribution in [2.45, 2.75) is 120 Å². The largest absolute Gasteiger partial charge is 0.416 e. The molecule has 54 heavy (non-hydrogen) atoms. The highest BCUT2D eigenvalue weighted by molar-refractivity contribution is 6.08. The average Bonchev–Trinajstić information content (AvgIpc) is 3.60. The quantitative estimate of drug-likeness (QED) is 0.0515. The summed E-state index contributed by atoms with van der Waals surface area (Å²) in [5.74, 6) is 4.13. The van der Waals surface area contributed by atoms with Crippen LogP contribution >= 0.6 is 0 Å². The normalized spacial score (nSPS) is 20.3. The van der Waals surface area contributed by atoms with Crippen LogP contribution in [0.25, 0.3) is 0 Å². The predicted molar refractivity (Wildman–Crippen MR) is 191 cm³/mol. The van der Waals surface area contributed by atoms with Crippen LogP contribution in [0.15, 0.2) is 58.7 Å². The summed E-state index contributed by atoms with van der Waals surface area (Å²) >= 11 is 0. The molecule has 10 nitrogen and oxygen atoms in total. The van der Waals surface area contributed by atoms with Crippen LogP contribution in [0.5, 0.6) is 0 Å². The number of nitrogens with one attached hydrogen (secondary N) is 1. The molecule has 3 aliphatic heterocycles. The number of carbonyl (C=O) groups is 1. The predicted octanol–water partition coefficient (Wildman–Crippen LogP) is 8.11. The third kappa shape index (κ3) is 14.3. The summed E-state index contributed by atoms with van der Waals surface area (Å²) in [6.07, 6.45) is 1.36. The molecule has 0 aliphatic carbocycles. The van der Waals surface area contributed by atoms with Crippen LogP contribution in [0, 0.1) is 0 Å². The first kappa shape index (κ1) is 43.2. The van der Waals surface area contributed by atoms with Gasteiger partial charge in [-0.05, 0) is 87.5 Å². The monoisotopic (exact) mass is 771 g/mol. The van der Waals surface area contributed by atoms with E-state index in [0.29, 0.717) is 74.6 Å². The first-order valence-corrected chi connectivity index (χ1v) is 18.5. The van der Waals surface area contributed by atoms with Crippen LogP contribution < -0.4 is 17.0 Å². The van der Waals surface area contributed by atoms with Crippen molar-refractivity contribution < 1.29 is 50.1 Å². The number of nitrogens with two attached hydrogens (primary N) is 2. The van der Waals surface area contributed by atoms with Crippen LogP contribution in [0.1, 0.15) is 118 Å². The highest BCUT2D eigenvalue weighted by atomic mass is 19.4. The number of amides is 1. The zero-order valence-electron chi connectivity index (χ0n) is 30.3. The second-order valence-corrected chi connectivity index (χ2v) is 13.5. The molecule has 0 spiro atoms. The molecule has 16 heteroatoms. The molecule has 300 valence electrons. The molecule has 0 radical (unpaired) electrons. The number of ether oxygens (including phenoxy) is 4. The van der Waals surface area contributed by atoms with Crippen molar-refractivity contribution in [3.63, 3.8) is 0 Å². The second kappa shape index (κ2) is 21.5. The lowest BCUT2D eigenvalue weighted by molar-refractivity contribution is -0.163. The van der Waals surface area contributed by atoms with Gasteiger partial charge in [-0.3, -0.25) is 10.2 Å². The number of hydrazine groups is 1. The van der Waals surface area contributed by atoms with Gasteiger partial charge in [0.05, 0.1) is 22.8 Å². The summed E-state index contributed by atoms with van der Waals surface area (Å²) in [4.78, 5) is 12.0. The molecule has 2 saturated heterocycles. The van der Waals surface area contributed by atoms with Crippen LogP contribution in [-0.2, 0) is 36.1 Å². The highest BCUT2D eigenvalue weighted by Crippen LogP contribution is 2.35. The number of rotatable bonds is 16. The van der Waals surface area contributed by atoms with E-state index in [1.54, 1.807) is 6.07 Å². The van der Waals surface area contributed by atoms with Crippen LogP contribution in [-0.4, -0.2) is 56.5 Å². The molecule has 4 atom stereocenters. The van der Waals surface area contributed by atoms with Crippen LogP contribution in [0.4, 0.5) is 26.3 Å². The molecule has 0 bridgehead atoms. The van der Waals surface area contributed by atoms with Gasteiger partial charge in [0.15, 0.2) is 12.6 Å². The Labute approximate surface area is 312 Å². The molecule has 3 heterocycles. The molecular formula is C38H51F6N5O5. The van der Waals surface area contributed by atoms with Gasteiger partial charge in [0.25, 0.3) is 0 Å². The molecule has 2 aromatic carbocycles. The Kier molecular flexibility index (Phi) is 17.2. The van der Waals surface area contributed by atoms with Gasteiger partial charge in [0, 0.05) is 38.8 Å². The van der Waals surface area contributed by atoms with Crippen molar-refractivity contribution in [1.82, 2.24) is 5.43 Å². The molecule has 1 amide bonds. The van der Waals surface area contributed by atoms with Gasteiger partial charge in [0.1, 0.15) is 5.84 Å². The minimum Gasteiger partial charge on any atom is -0.385 e. The Morgan fingerprint density at radius 3 is 1.80 bits per heavy atom.